The van der Waals surface area contributed by atoms with Crippen LogP contribution in [0, 0.1) is 0 Å². The van der Waals surface area contributed by atoms with Crippen LogP contribution < -0.4 is 11.3 Å². The summed E-state index contributed by atoms with van der Waals surface area (Å²) in [5.74, 6) is 4.88. The average molecular weight is 225 g/mol. The molecule has 0 radical (unpaired) electrons. The third kappa shape index (κ3) is 4.41. The van der Waals surface area contributed by atoms with E-state index in [4.69, 9.17) is 5.84 Å². The normalized spacial score (nSPS) is 10.8. The van der Waals surface area contributed by atoms with Gasteiger partial charge < -0.3 is 4.90 Å². The summed E-state index contributed by atoms with van der Waals surface area (Å²) in [4.78, 5) is 13.0. The molecule has 0 aliphatic heterocycles. The molecule has 0 aliphatic carbocycles. The van der Waals surface area contributed by atoms with Crippen LogP contribution >= 0.6 is 0 Å². The molecule has 0 aromatic carbocycles. The Morgan fingerprint density at radius 1 is 1.69 bits per heavy atom. The Kier molecular flexibility index (Phi) is 4.94. The van der Waals surface area contributed by atoms with E-state index in [-0.39, 0.29) is 5.91 Å². The van der Waals surface area contributed by atoms with Gasteiger partial charge in [0.2, 0.25) is 5.91 Å². The summed E-state index contributed by atoms with van der Waals surface area (Å²) in [6.07, 6.45) is 5.11. The molecule has 1 aromatic heterocycles. The molecule has 0 saturated heterocycles. The fourth-order valence-corrected chi connectivity index (χ4v) is 1.53. The molecule has 1 amide bonds. The Morgan fingerprint density at radius 2 is 2.44 bits per heavy atom. The lowest BCUT2D eigenvalue weighted by molar-refractivity contribution is -0.121. The van der Waals surface area contributed by atoms with Gasteiger partial charge in [-0.1, -0.05) is 0 Å². The van der Waals surface area contributed by atoms with Crippen LogP contribution in [0.2, 0.25) is 0 Å². The van der Waals surface area contributed by atoms with Gasteiger partial charge in [0, 0.05) is 31.8 Å². The number of rotatable bonds is 6. The SMILES string of the molecule is CN(CCCC(=O)NN)Cc1cnn(C)c1. The number of aromatic nitrogens is 2. The van der Waals surface area contributed by atoms with E-state index in [1.165, 1.54) is 5.56 Å². The van der Waals surface area contributed by atoms with Gasteiger partial charge in [-0.05, 0) is 20.0 Å². The van der Waals surface area contributed by atoms with Crippen molar-refractivity contribution < 1.29 is 4.79 Å². The number of nitrogens with one attached hydrogen (secondary N) is 1. The fourth-order valence-electron chi connectivity index (χ4n) is 1.53. The van der Waals surface area contributed by atoms with E-state index in [1.807, 2.05) is 26.5 Å². The van der Waals surface area contributed by atoms with Gasteiger partial charge in [0.15, 0.2) is 0 Å². The summed E-state index contributed by atoms with van der Waals surface area (Å²) in [6, 6.07) is 0. The van der Waals surface area contributed by atoms with Gasteiger partial charge in [-0.2, -0.15) is 5.10 Å². The van der Waals surface area contributed by atoms with Gasteiger partial charge in [0.05, 0.1) is 6.20 Å². The Bertz CT molecular complexity index is 336. The number of nitrogens with zero attached hydrogens (tertiary/aromatic N) is 3. The summed E-state index contributed by atoms with van der Waals surface area (Å²) >= 11 is 0. The number of hydrogen-bond donors (Lipinski definition) is 2. The maximum absolute atomic E-state index is 10.9. The molecule has 1 rings (SSSR count). The molecule has 0 fully saturated rings. The molecule has 90 valence electrons. The highest BCUT2D eigenvalue weighted by Crippen LogP contribution is 2.02. The number of aryl methyl sites for hydroxylation is 1. The lowest BCUT2D eigenvalue weighted by atomic mass is 10.2. The highest BCUT2D eigenvalue weighted by atomic mass is 16.2. The van der Waals surface area contributed by atoms with Crippen molar-refractivity contribution in [2.24, 2.45) is 12.9 Å². The second-order valence-corrected chi connectivity index (χ2v) is 3.93. The maximum Gasteiger partial charge on any atom is 0.233 e. The van der Waals surface area contributed by atoms with E-state index >= 15 is 0 Å². The first-order chi connectivity index (χ1) is 7.61. The third-order valence-electron chi connectivity index (χ3n) is 2.32. The third-order valence-corrected chi connectivity index (χ3v) is 2.32. The van der Waals surface area contributed by atoms with Gasteiger partial charge in [-0.3, -0.25) is 14.9 Å². The van der Waals surface area contributed by atoms with Crippen LogP contribution in [0.15, 0.2) is 12.4 Å². The van der Waals surface area contributed by atoms with Gasteiger partial charge in [-0.25, -0.2) is 5.84 Å². The van der Waals surface area contributed by atoms with Crippen LogP contribution in [0.4, 0.5) is 0 Å². The van der Waals surface area contributed by atoms with E-state index in [0.717, 1.165) is 19.5 Å². The predicted molar refractivity (Wildman–Crippen MR) is 61.1 cm³/mol. The Morgan fingerprint density at radius 3 is 3.00 bits per heavy atom. The van der Waals surface area contributed by atoms with Crippen molar-refractivity contribution in [3.05, 3.63) is 18.0 Å². The first-order valence-corrected chi connectivity index (χ1v) is 5.27. The van der Waals surface area contributed by atoms with Crippen molar-refractivity contribution >= 4 is 5.91 Å². The van der Waals surface area contributed by atoms with Gasteiger partial charge in [0.25, 0.3) is 0 Å². The Balaban J connectivity index is 2.20. The summed E-state index contributed by atoms with van der Waals surface area (Å²) in [5.41, 5.74) is 3.30. The minimum absolute atomic E-state index is 0.116. The van der Waals surface area contributed by atoms with E-state index in [1.54, 1.807) is 4.68 Å². The Labute approximate surface area is 95.4 Å². The number of carbonyl (C=O) groups excluding carboxylic acids is 1. The van der Waals surface area contributed by atoms with Crippen molar-refractivity contribution in [3.8, 4) is 0 Å². The number of nitrogens with two attached hydrogens (primary N) is 1. The summed E-state index contributed by atoms with van der Waals surface area (Å²) in [5, 5.41) is 4.10. The molecule has 0 atom stereocenters. The van der Waals surface area contributed by atoms with E-state index < -0.39 is 0 Å². The highest BCUT2D eigenvalue weighted by molar-refractivity contribution is 5.75. The topological polar surface area (TPSA) is 76.2 Å². The molecule has 16 heavy (non-hydrogen) atoms. The summed E-state index contributed by atoms with van der Waals surface area (Å²) in [6.45, 7) is 1.71. The minimum Gasteiger partial charge on any atom is -0.302 e. The summed E-state index contributed by atoms with van der Waals surface area (Å²) in [7, 11) is 3.92. The van der Waals surface area contributed by atoms with Crippen LogP contribution in [0.25, 0.3) is 0 Å². The standard InChI is InChI=1S/C10H19N5O/c1-14(5-3-4-10(16)13-11)7-9-6-12-15(2)8-9/h6,8H,3-5,7,11H2,1-2H3,(H,13,16). The number of hydrazine groups is 1. The zero-order valence-electron chi connectivity index (χ0n) is 9.81. The van der Waals surface area contributed by atoms with Crippen LogP contribution in [0.1, 0.15) is 18.4 Å². The van der Waals surface area contributed by atoms with Gasteiger partial charge in [-0.15, -0.1) is 0 Å². The molecule has 6 nitrogen and oxygen atoms in total. The van der Waals surface area contributed by atoms with E-state index in [9.17, 15) is 4.79 Å². The molecule has 1 aromatic rings. The molecule has 3 N–H and O–H groups in total. The monoisotopic (exact) mass is 225 g/mol. The molecule has 1 heterocycles. The number of carbonyl (C=O) groups is 1. The van der Waals surface area contributed by atoms with Crippen LogP contribution in [0.5, 0.6) is 0 Å². The predicted octanol–water partition coefficient (Wildman–Crippen LogP) is -0.378. The molecule has 0 spiro atoms. The second-order valence-electron chi connectivity index (χ2n) is 3.93. The zero-order chi connectivity index (χ0) is 12.0. The second kappa shape index (κ2) is 6.24. The van der Waals surface area contributed by atoms with Crippen molar-refractivity contribution in [2.45, 2.75) is 19.4 Å². The van der Waals surface area contributed by atoms with Crippen LogP contribution in [-0.4, -0.2) is 34.2 Å². The smallest absolute Gasteiger partial charge is 0.233 e. The lowest BCUT2D eigenvalue weighted by Crippen LogP contribution is -2.30. The van der Waals surface area contributed by atoms with E-state index in [2.05, 4.69) is 15.4 Å². The van der Waals surface area contributed by atoms with Crippen molar-refractivity contribution in [1.29, 1.82) is 0 Å². The molecule has 0 aliphatic rings. The zero-order valence-corrected chi connectivity index (χ0v) is 9.81. The van der Waals surface area contributed by atoms with Crippen LogP contribution in [-0.2, 0) is 18.4 Å². The molecule has 0 saturated carbocycles. The van der Waals surface area contributed by atoms with Gasteiger partial charge >= 0.3 is 0 Å². The van der Waals surface area contributed by atoms with Crippen molar-refractivity contribution in [1.82, 2.24) is 20.1 Å². The Hall–Kier alpha value is -1.40. The quantitative estimate of drug-likeness (QED) is 0.393. The van der Waals surface area contributed by atoms with Crippen molar-refractivity contribution in [3.63, 3.8) is 0 Å². The van der Waals surface area contributed by atoms with E-state index in [0.29, 0.717) is 6.42 Å². The molecule has 0 unspecified atom stereocenters. The molecule has 0 bridgehead atoms. The first-order valence-electron chi connectivity index (χ1n) is 5.27. The van der Waals surface area contributed by atoms with Crippen molar-refractivity contribution in [2.75, 3.05) is 13.6 Å². The maximum atomic E-state index is 10.9. The largest absolute Gasteiger partial charge is 0.302 e. The average Bonchev–Trinajstić information content (AvgIpc) is 2.63. The molecular weight excluding hydrogens is 206 g/mol. The van der Waals surface area contributed by atoms with Gasteiger partial charge in [0.1, 0.15) is 0 Å². The number of amides is 1. The number of hydrogen-bond acceptors (Lipinski definition) is 4. The van der Waals surface area contributed by atoms with Crippen LogP contribution in [0.3, 0.4) is 0 Å². The first kappa shape index (κ1) is 12.7. The molecular formula is C10H19N5O. The molecule has 6 heteroatoms. The lowest BCUT2D eigenvalue weighted by Gasteiger charge is -2.14. The highest BCUT2D eigenvalue weighted by Gasteiger charge is 2.03. The fraction of sp³-hybridized carbons (Fsp3) is 0.600. The minimum atomic E-state index is -0.116. The summed E-state index contributed by atoms with van der Waals surface area (Å²) < 4.78 is 1.78.